The molecule has 0 radical (unpaired) electrons. The van der Waals surface area contributed by atoms with Crippen molar-refractivity contribution in [1.29, 1.82) is 0 Å². The Hall–Kier alpha value is -1.31. The summed E-state index contributed by atoms with van der Waals surface area (Å²) in [5.74, 6) is 3.25. The zero-order valence-corrected chi connectivity index (χ0v) is 26.7. The summed E-state index contributed by atoms with van der Waals surface area (Å²) in [5.41, 5.74) is 4.92. The normalized spacial score (nSPS) is 28.2. The molecular formula is C37H62O2. The molecule has 0 saturated heterocycles. The molecule has 0 amide bonds. The number of rotatable bonds is 16. The van der Waals surface area contributed by atoms with Crippen LogP contribution in [0.5, 0.6) is 0 Å². The van der Waals surface area contributed by atoms with E-state index in [0.717, 1.165) is 49.9 Å². The highest BCUT2D eigenvalue weighted by Crippen LogP contribution is 2.58. The number of fused-ring (bicyclic) bond motifs is 1. The van der Waals surface area contributed by atoms with Crippen LogP contribution in [0.15, 0.2) is 34.9 Å². The fourth-order valence-corrected chi connectivity index (χ4v) is 8.07. The number of carbonyl (C=O) groups excluding carboxylic acids is 1. The monoisotopic (exact) mass is 538 g/mol. The molecule has 1 fully saturated rings. The van der Waals surface area contributed by atoms with Gasteiger partial charge in [0.25, 0.3) is 0 Å². The standard InChI is InChI=1S/C37H62O2/c1-7-8-9-10-11-12-13-19-36(38)39-33-23-20-29(4)32(27-33)22-21-31-18-15-26-37(6)34(24-25-35(31)37)30(5)17-14-16-28(2)3/h18,21-22,28,30,33-35H,7-17,19-20,23-27H2,1-6H3/b22-21-/t30-,33-,34+,35-,37+/m0/s1. The number of esters is 1. The van der Waals surface area contributed by atoms with Gasteiger partial charge in [0, 0.05) is 12.8 Å². The van der Waals surface area contributed by atoms with Gasteiger partial charge in [0.15, 0.2) is 0 Å². The lowest BCUT2D eigenvalue weighted by atomic mass is 9.62. The van der Waals surface area contributed by atoms with Gasteiger partial charge < -0.3 is 4.74 Å². The smallest absolute Gasteiger partial charge is 0.306 e. The SMILES string of the molecule is CCCCCCCCCC(=O)O[C@H]1CCC(C)=C(/C=C\C2=CCC[C@]3(C)[C@@H]([C@@H](C)CCCC(C)C)CC[C@@H]23)C1. The topological polar surface area (TPSA) is 26.3 Å². The molecule has 3 rings (SSSR count). The average molecular weight is 539 g/mol. The molecular weight excluding hydrogens is 476 g/mol. The molecule has 222 valence electrons. The van der Waals surface area contributed by atoms with Gasteiger partial charge in [-0.2, -0.15) is 0 Å². The van der Waals surface area contributed by atoms with Crippen LogP contribution in [0.4, 0.5) is 0 Å². The summed E-state index contributed by atoms with van der Waals surface area (Å²) in [6.07, 6.45) is 29.0. The van der Waals surface area contributed by atoms with Crippen LogP contribution in [-0.2, 0) is 9.53 Å². The van der Waals surface area contributed by atoms with E-state index in [1.807, 2.05) is 0 Å². The molecule has 3 aliphatic carbocycles. The third-order valence-corrected chi connectivity index (χ3v) is 10.6. The highest BCUT2D eigenvalue weighted by molar-refractivity contribution is 5.69. The van der Waals surface area contributed by atoms with Crippen molar-refractivity contribution in [1.82, 2.24) is 0 Å². The minimum Gasteiger partial charge on any atom is -0.462 e. The molecule has 0 N–H and O–H groups in total. The summed E-state index contributed by atoms with van der Waals surface area (Å²) < 4.78 is 5.96. The molecule has 0 spiro atoms. The third-order valence-electron chi connectivity index (χ3n) is 10.6. The lowest BCUT2D eigenvalue weighted by Gasteiger charge is -2.43. The Morgan fingerprint density at radius 3 is 2.49 bits per heavy atom. The van der Waals surface area contributed by atoms with Gasteiger partial charge in [0.1, 0.15) is 6.10 Å². The quantitative estimate of drug-likeness (QED) is 0.144. The lowest BCUT2D eigenvalue weighted by Crippen LogP contribution is -2.35. The predicted molar refractivity (Wildman–Crippen MR) is 168 cm³/mol. The van der Waals surface area contributed by atoms with E-state index < -0.39 is 0 Å². The average Bonchev–Trinajstić information content (AvgIpc) is 3.25. The molecule has 1 saturated carbocycles. The Bertz CT molecular complexity index is 845. The number of hydrogen-bond acceptors (Lipinski definition) is 2. The second-order valence-corrected chi connectivity index (χ2v) is 14.2. The Labute approximate surface area is 242 Å². The number of ether oxygens (including phenoxy) is 1. The van der Waals surface area contributed by atoms with E-state index in [1.54, 1.807) is 5.57 Å². The Balaban J connectivity index is 1.49. The molecule has 0 aromatic carbocycles. The third kappa shape index (κ3) is 9.64. The lowest BCUT2D eigenvalue weighted by molar-refractivity contribution is -0.149. The molecule has 0 heterocycles. The first-order valence-electron chi connectivity index (χ1n) is 17.0. The van der Waals surface area contributed by atoms with Gasteiger partial charge in [0.2, 0.25) is 0 Å². The molecule has 3 aliphatic rings. The van der Waals surface area contributed by atoms with Crippen LogP contribution in [0.3, 0.4) is 0 Å². The van der Waals surface area contributed by atoms with Crippen molar-refractivity contribution in [3.63, 3.8) is 0 Å². The van der Waals surface area contributed by atoms with E-state index in [9.17, 15) is 4.79 Å². The highest BCUT2D eigenvalue weighted by atomic mass is 16.5. The number of allylic oxidation sites excluding steroid dienone is 5. The fraction of sp³-hybridized carbons (Fsp3) is 0.811. The minimum atomic E-state index is 0.0155. The number of carbonyl (C=O) groups is 1. The van der Waals surface area contributed by atoms with Crippen LogP contribution in [0.25, 0.3) is 0 Å². The summed E-state index contributed by atoms with van der Waals surface area (Å²) in [7, 11) is 0. The van der Waals surface area contributed by atoms with Crippen LogP contribution in [0.2, 0.25) is 0 Å². The summed E-state index contributed by atoms with van der Waals surface area (Å²) in [6, 6.07) is 0. The van der Waals surface area contributed by atoms with Crippen molar-refractivity contribution >= 4 is 5.97 Å². The summed E-state index contributed by atoms with van der Waals surface area (Å²) >= 11 is 0. The van der Waals surface area contributed by atoms with Crippen molar-refractivity contribution in [2.75, 3.05) is 0 Å². The summed E-state index contributed by atoms with van der Waals surface area (Å²) in [4.78, 5) is 12.5. The molecule has 2 heteroatoms. The highest BCUT2D eigenvalue weighted by Gasteiger charge is 2.49. The van der Waals surface area contributed by atoms with E-state index in [2.05, 4.69) is 59.8 Å². The molecule has 0 aromatic rings. The number of hydrogen-bond donors (Lipinski definition) is 0. The van der Waals surface area contributed by atoms with Gasteiger partial charge >= 0.3 is 5.97 Å². The maximum Gasteiger partial charge on any atom is 0.306 e. The molecule has 0 aromatic heterocycles. The van der Waals surface area contributed by atoms with Crippen molar-refractivity contribution in [2.45, 2.75) is 163 Å². The summed E-state index contributed by atoms with van der Waals surface area (Å²) in [5, 5.41) is 0. The van der Waals surface area contributed by atoms with Gasteiger partial charge in [-0.3, -0.25) is 4.79 Å². The fourth-order valence-electron chi connectivity index (χ4n) is 8.07. The molecule has 0 bridgehead atoms. The summed E-state index contributed by atoms with van der Waals surface area (Å²) in [6.45, 7) is 14.4. The van der Waals surface area contributed by atoms with Crippen molar-refractivity contribution in [2.24, 2.45) is 29.1 Å². The first-order chi connectivity index (χ1) is 18.7. The van der Waals surface area contributed by atoms with Crippen LogP contribution < -0.4 is 0 Å². The van der Waals surface area contributed by atoms with E-state index in [-0.39, 0.29) is 12.1 Å². The second kappa shape index (κ2) is 16.2. The van der Waals surface area contributed by atoms with Gasteiger partial charge in [0.05, 0.1) is 0 Å². The van der Waals surface area contributed by atoms with Crippen molar-refractivity contribution < 1.29 is 9.53 Å². The maximum absolute atomic E-state index is 12.5. The van der Waals surface area contributed by atoms with Crippen LogP contribution in [0, 0.1) is 29.1 Å². The van der Waals surface area contributed by atoms with E-state index in [4.69, 9.17) is 4.74 Å². The molecule has 0 aliphatic heterocycles. The Morgan fingerprint density at radius 1 is 1.00 bits per heavy atom. The van der Waals surface area contributed by atoms with Gasteiger partial charge in [-0.25, -0.2) is 0 Å². The molecule has 5 atom stereocenters. The largest absolute Gasteiger partial charge is 0.462 e. The van der Waals surface area contributed by atoms with Crippen LogP contribution >= 0.6 is 0 Å². The zero-order chi connectivity index (χ0) is 28.3. The Kier molecular flexibility index (Phi) is 13.4. The second-order valence-electron chi connectivity index (χ2n) is 14.2. The Morgan fingerprint density at radius 2 is 1.74 bits per heavy atom. The zero-order valence-electron chi connectivity index (χ0n) is 26.7. The van der Waals surface area contributed by atoms with Crippen LogP contribution in [-0.4, -0.2) is 12.1 Å². The molecule has 39 heavy (non-hydrogen) atoms. The maximum atomic E-state index is 12.5. The van der Waals surface area contributed by atoms with Gasteiger partial charge in [-0.1, -0.05) is 116 Å². The predicted octanol–water partition coefficient (Wildman–Crippen LogP) is 11.3. The van der Waals surface area contributed by atoms with Crippen molar-refractivity contribution in [3.8, 4) is 0 Å². The van der Waals surface area contributed by atoms with Crippen LogP contribution in [0.1, 0.15) is 157 Å². The van der Waals surface area contributed by atoms with Gasteiger partial charge in [-0.15, -0.1) is 0 Å². The van der Waals surface area contributed by atoms with Gasteiger partial charge in [-0.05, 0) is 92.1 Å². The first kappa shape index (κ1) is 32.2. The molecule has 0 unspecified atom stereocenters. The molecule has 2 nitrogen and oxygen atoms in total. The van der Waals surface area contributed by atoms with E-state index in [0.29, 0.717) is 17.8 Å². The number of unbranched alkanes of at least 4 members (excludes halogenated alkanes) is 6. The van der Waals surface area contributed by atoms with E-state index >= 15 is 0 Å². The minimum absolute atomic E-state index is 0.0155. The van der Waals surface area contributed by atoms with Crippen molar-refractivity contribution in [3.05, 3.63) is 34.9 Å². The van der Waals surface area contributed by atoms with E-state index in [1.165, 1.54) is 88.2 Å². The first-order valence-corrected chi connectivity index (χ1v) is 17.0.